The van der Waals surface area contributed by atoms with Crippen molar-refractivity contribution in [3.05, 3.63) is 30.6 Å². The molecule has 1 aromatic heterocycles. The number of hydrogen-bond donors (Lipinski definition) is 4. The van der Waals surface area contributed by atoms with Gasteiger partial charge in [0.15, 0.2) is 0 Å². The molecule has 0 amide bonds. The standard InChI is InChI=1S/C5H5N.2C4H8N2O2.CHNS.Co/c1-2-4-6-5-3-1;2*1-3(5-7)4(2)6-8;2-1-3;/h1-5H;2*7-8H,1-2H3;3H;/q;;;;+1/p-1. The minimum Gasteiger partial charge on any atom is -0.265 e. The second-order valence-corrected chi connectivity index (χ2v) is 4.88. The fourth-order valence-electron chi connectivity index (χ4n) is 0.602. The normalized spacial score (nSPS) is 11.4. The van der Waals surface area contributed by atoms with Crippen LogP contribution in [-0.2, 0) is 14.6 Å². The minimum atomic E-state index is 0.313. The van der Waals surface area contributed by atoms with E-state index in [4.69, 9.17) is 26.1 Å². The van der Waals surface area contributed by atoms with E-state index >= 15 is 0 Å². The number of thiocyanates is 1. The number of hydrogen-bond acceptors (Lipinski definition) is 11. The van der Waals surface area contributed by atoms with Gasteiger partial charge in [0.05, 0.1) is 0 Å². The van der Waals surface area contributed by atoms with Gasteiger partial charge in [-0.15, -0.1) is 0 Å². The van der Waals surface area contributed by atoms with Gasteiger partial charge in [-0.05, 0) is 39.8 Å². The molecule has 146 valence electrons. The third-order valence-corrected chi connectivity index (χ3v) is 2.59. The second-order valence-electron chi connectivity index (χ2n) is 3.93. The fourth-order valence-corrected chi connectivity index (χ4v) is 0.602. The van der Waals surface area contributed by atoms with Crippen molar-refractivity contribution in [1.29, 1.82) is 5.26 Å². The maximum absolute atomic E-state index is 8.03. The molecular formula is C14H21CoN6O4S. The summed E-state index contributed by atoms with van der Waals surface area (Å²) in [6, 6.07) is 5.72. The smallest absolute Gasteiger partial charge is 0.0267 e. The number of rotatable bonds is 2. The average molecular weight is 428 g/mol. The summed E-state index contributed by atoms with van der Waals surface area (Å²) in [6.45, 7) is 6.15. The molecule has 0 spiro atoms. The van der Waals surface area contributed by atoms with E-state index in [1.54, 1.807) is 17.8 Å². The SMILES string of the molecule is CC(=NO)C(C)=NO.CC(=NO)C(C)=NO.N#C[S][Co].c1ccncc1. The van der Waals surface area contributed by atoms with Gasteiger partial charge in [0.1, 0.15) is 22.8 Å². The number of pyridine rings is 1. The van der Waals surface area contributed by atoms with Crippen molar-refractivity contribution >= 4 is 33.1 Å². The first-order valence-corrected chi connectivity index (χ1v) is 8.56. The summed E-state index contributed by atoms with van der Waals surface area (Å²) in [5.74, 6) is 0. The van der Waals surface area contributed by atoms with Crippen molar-refractivity contribution in [3.63, 3.8) is 0 Å². The van der Waals surface area contributed by atoms with Gasteiger partial charge in [-0.1, -0.05) is 26.7 Å². The molecular weight excluding hydrogens is 407 g/mol. The number of nitriles is 1. The van der Waals surface area contributed by atoms with Gasteiger partial charge in [-0.3, -0.25) is 4.98 Å². The molecule has 0 saturated heterocycles. The molecule has 1 rings (SSSR count). The van der Waals surface area contributed by atoms with Gasteiger partial charge in [-0.25, -0.2) is 0 Å². The summed E-state index contributed by atoms with van der Waals surface area (Å²) in [4.78, 5) is 3.78. The topological polar surface area (TPSA) is 167 Å². The van der Waals surface area contributed by atoms with Crippen LogP contribution in [0.4, 0.5) is 0 Å². The van der Waals surface area contributed by atoms with Gasteiger partial charge < -0.3 is 20.8 Å². The van der Waals surface area contributed by atoms with Crippen LogP contribution < -0.4 is 0 Å². The molecule has 26 heavy (non-hydrogen) atoms. The van der Waals surface area contributed by atoms with Crippen LogP contribution in [0.5, 0.6) is 0 Å². The Hall–Kier alpha value is -2.62. The summed E-state index contributed by atoms with van der Waals surface area (Å²) in [6.07, 6.45) is 3.50. The quantitative estimate of drug-likeness (QED) is 0.243. The Morgan fingerprint density at radius 2 is 1.08 bits per heavy atom. The molecule has 10 nitrogen and oxygen atoms in total. The van der Waals surface area contributed by atoms with Crippen LogP contribution in [-0.4, -0.2) is 48.7 Å². The molecule has 1 aromatic rings. The summed E-state index contributed by atoms with van der Waals surface area (Å²) in [7, 11) is 0.850. The zero-order chi connectivity index (χ0) is 20.8. The third kappa shape index (κ3) is 21.4. The van der Waals surface area contributed by atoms with E-state index < -0.39 is 0 Å². The van der Waals surface area contributed by atoms with E-state index in [1.807, 2.05) is 18.2 Å². The predicted octanol–water partition coefficient (Wildman–Crippen LogP) is 3.12. The zero-order valence-corrected chi connectivity index (χ0v) is 16.5. The predicted molar refractivity (Wildman–Crippen MR) is 97.0 cm³/mol. The van der Waals surface area contributed by atoms with E-state index in [2.05, 4.69) is 40.2 Å². The zero-order valence-electron chi connectivity index (χ0n) is 14.6. The molecule has 0 bridgehead atoms. The monoisotopic (exact) mass is 428 g/mol. The molecule has 1 heterocycles. The van der Waals surface area contributed by atoms with Crippen LogP contribution in [0.2, 0.25) is 0 Å². The Morgan fingerprint density at radius 1 is 0.808 bits per heavy atom. The van der Waals surface area contributed by atoms with Crippen molar-refractivity contribution in [2.75, 3.05) is 0 Å². The van der Waals surface area contributed by atoms with Crippen LogP contribution in [0.3, 0.4) is 0 Å². The van der Waals surface area contributed by atoms with Gasteiger partial charge in [0.25, 0.3) is 0 Å². The Kier molecular flexibility index (Phi) is 24.3. The van der Waals surface area contributed by atoms with E-state index in [0.29, 0.717) is 22.8 Å². The molecule has 0 aliphatic rings. The van der Waals surface area contributed by atoms with E-state index in [1.165, 1.54) is 27.7 Å². The number of oxime groups is 4. The van der Waals surface area contributed by atoms with Crippen molar-refractivity contribution in [1.82, 2.24) is 4.98 Å². The molecule has 0 aromatic carbocycles. The molecule has 0 saturated carbocycles. The average Bonchev–Trinajstić information content (AvgIpc) is 2.73. The molecule has 0 atom stereocenters. The van der Waals surface area contributed by atoms with Gasteiger partial charge in [-0.2, -0.15) is 0 Å². The Morgan fingerprint density at radius 3 is 1.15 bits per heavy atom. The minimum absolute atomic E-state index is 0.313. The molecule has 0 radical (unpaired) electrons. The maximum atomic E-state index is 8.03. The molecule has 0 fully saturated rings. The molecule has 0 unspecified atom stereocenters. The fraction of sp³-hybridized carbons (Fsp3) is 0.286. The van der Waals surface area contributed by atoms with Crippen LogP contribution in [0, 0.1) is 10.7 Å². The van der Waals surface area contributed by atoms with Crippen molar-refractivity contribution in [2.45, 2.75) is 27.7 Å². The molecule has 0 aliphatic carbocycles. The second kappa shape index (κ2) is 22.4. The van der Waals surface area contributed by atoms with Crippen LogP contribution in [0.1, 0.15) is 27.7 Å². The van der Waals surface area contributed by atoms with Crippen molar-refractivity contribution in [2.24, 2.45) is 20.6 Å². The molecule has 12 heteroatoms. The van der Waals surface area contributed by atoms with Crippen LogP contribution in [0.15, 0.2) is 51.2 Å². The summed E-state index contributed by atoms with van der Waals surface area (Å²) in [5.41, 5.74) is 1.25. The molecule has 4 N–H and O–H groups in total. The van der Waals surface area contributed by atoms with E-state index in [-0.39, 0.29) is 0 Å². The Bertz CT molecular complexity index is 527. The van der Waals surface area contributed by atoms with Gasteiger partial charge in [0, 0.05) is 12.4 Å². The first-order valence-electron chi connectivity index (χ1n) is 6.61. The summed E-state index contributed by atoms with van der Waals surface area (Å²) < 4.78 is 0. The first-order chi connectivity index (χ1) is 12.4. The van der Waals surface area contributed by atoms with Gasteiger partial charge in [0.2, 0.25) is 0 Å². The number of nitrogens with zero attached hydrogens (tertiary/aromatic N) is 6. The Labute approximate surface area is 163 Å². The summed E-state index contributed by atoms with van der Waals surface area (Å²) in [5, 5.41) is 52.5. The summed E-state index contributed by atoms with van der Waals surface area (Å²) >= 11 is 3.52. The third-order valence-electron chi connectivity index (χ3n) is 2.24. The van der Waals surface area contributed by atoms with E-state index in [9.17, 15) is 0 Å². The number of aromatic nitrogens is 1. The van der Waals surface area contributed by atoms with Crippen LogP contribution in [0.25, 0.3) is 0 Å². The van der Waals surface area contributed by atoms with Crippen molar-refractivity contribution in [3.8, 4) is 5.40 Å². The first kappa shape index (κ1) is 28.2. The Balaban J connectivity index is -0.000000279. The van der Waals surface area contributed by atoms with E-state index in [0.717, 1.165) is 10.2 Å². The van der Waals surface area contributed by atoms with Gasteiger partial charge >= 0.3 is 35.5 Å². The maximum Gasteiger partial charge on any atom is 0.0267 e. The van der Waals surface area contributed by atoms with Crippen LogP contribution >= 0.6 is 10.2 Å². The largest absolute Gasteiger partial charge is 0.265 e. The molecule has 0 aliphatic heterocycles. The van der Waals surface area contributed by atoms with Crippen molar-refractivity contribution < 1.29 is 35.5 Å².